The molecule has 0 unspecified atom stereocenters. The lowest BCUT2D eigenvalue weighted by atomic mass is 9.85. The predicted molar refractivity (Wildman–Crippen MR) is 105 cm³/mol. The molecule has 0 saturated carbocycles. The van der Waals surface area contributed by atoms with Gasteiger partial charge in [0.05, 0.1) is 6.04 Å². The van der Waals surface area contributed by atoms with Gasteiger partial charge in [0.2, 0.25) is 0 Å². The number of hydrogen-bond acceptors (Lipinski definition) is 3. The van der Waals surface area contributed by atoms with Gasteiger partial charge in [0.1, 0.15) is 5.75 Å². The highest BCUT2D eigenvalue weighted by Crippen LogP contribution is 2.33. The molecule has 0 radical (unpaired) electrons. The summed E-state index contributed by atoms with van der Waals surface area (Å²) in [6, 6.07) is 14.8. The van der Waals surface area contributed by atoms with E-state index in [2.05, 4.69) is 60.0 Å². The standard InChI is InChI=1S/C22H27F3N2O/c1-21(2,3)18-8-4-16(5-9-18)20(27-14-12-26-13-15-27)17-6-10-19(11-7-17)28-22(23,24)25/h4-11,20,26H,12-15H2,1-3H3/t20-/m0/s1. The molecule has 1 saturated heterocycles. The van der Waals surface area contributed by atoms with Crippen molar-refractivity contribution >= 4 is 0 Å². The van der Waals surface area contributed by atoms with Gasteiger partial charge < -0.3 is 10.1 Å². The summed E-state index contributed by atoms with van der Waals surface area (Å²) in [6.45, 7) is 10.1. The van der Waals surface area contributed by atoms with Crippen molar-refractivity contribution in [2.24, 2.45) is 0 Å². The van der Waals surface area contributed by atoms with Crippen LogP contribution in [0.2, 0.25) is 0 Å². The molecular weight excluding hydrogens is 365 g/mol. The van der Waals surface area contributed by atoms with Gasteiger partial charge in [-0.1, -0.05) is 57.2 Å². The summed E-state index contributed by atoms with van der Waals surface area (Å²) in [6.07, 6.45) is -4.68. The number of benzene rings is 2. The first-order valence-electron chi connectivity index (χ1n) is 9.54. The second kappa shape index (κ2) is 8.13. The summed E-state index contributed by atoms with van der Waals surface area (Å²) in [4.78, 5) is 2.36. The third kappa shape index (κ3) is 5.26. The molecule has 1 aliphatic rings. The second-order valence-corrected chi connectivity index (χ2v) is 8.18. The first-order valence-corrected chi connectivity index (χ1v) is 9.54. The molecule has 3 nitrogen and oxygen atoms in total. The fraction of sp³-hybridized carbons (Fsp3) is 0.455. The van der Waals surface area contributed by atoms with E-state index in [1.165, 1.54) is 17.7 Å². The maximum atomic E-state index is 12.5. The molecule has 0 bridgehead atoms. The Bertz CT molecular complexity index is 758. The molecule has 2 aromatic carbocycles. The third-order valence-corrected chi connectivity index (χ3v) is 5.04. The summed E-state index contributed by atoms with van der Waals surface area (Å²) in [5.41, 5.74) is 3.42. The lowest BCUT2D eigenvalue weighted by molar-refractivity contribution is -0.274. The smallest absolute Gasteiger partial charge is 0.406 e. The van der Waals surface area contributed by atoms with Crippen molar-refractivity contribution < 1.29 is 17.9 Å². The van der Waals surface area contributed by atoms with E-state index in [4.69, 9.17) is 0 Å². The first kappa shape index (κ1) is 20.7. The van der Waals surface area contributed by atoms with E-state index in [1.807, 2.05) is 0 Å². The molecule has 0 aliphatic carbocycles. The number of alkyl halides is 3. The average molecular weight is 392 g/mol. The van der Waals surface area contributed by atoms with E-state index in [0.717, 1.165) is 37.3 Å². The molecule has 28 heavy (non-hydrogen) atoms. The van der Waals surface area contributed by atoms with Crippen LogP contribution in [0.3, 0.4) is 0 Å². The average Bonchev–Trinajstić information content (AvgIpc) is 2.63. The Morgan fingerprint density at radius 2 is 1.36 bits per heavy atom. The van der Waals surface area contributed by atoms with Crippen LogP contribution in [-0.2, 0) is 5.41 Å². The molecule has 1 fully saturated rings. The van der Waals surface area contributed by atoms with Crippen molar-refractivity contribution in [3.63, 3.8) is 0 Å². The maximum Gasteiger partial charge on any atom is 0.573 e. The Morgan fingerprint density at radius 3 is 1.82 bits per heavy atom. The SMILES string of the molecule is CC(C)(C)c1ccc([C@@H](c2ccc(OC(F)(F)F)cc2)N2CCNCC2)cc1. The monoisotopic (exact) mass is 392 g/mol. The Hall–Kier alpha value is -2.05. The van der Waals surface area contributed by atoms with Gasteiger partial charge in [-0.05, 0) is 34.2 Å². The van der Waals surface area contributed by atoms with Crippen molar-refractivity contribution in [2.75, 3.05) is 26.2 Å². The van der Waals surface area contributed by atoms with E-state index in [-0.39, 0.29) is 17.2 Å². The van der Waals surface area contributed by atoms with Crippen LogP contribution in [0.1, 0.15) is 43.5 Å². The molecule has 1 N–H and O–H groups in total. The highest BCUT2D eigenvalue weighted by molar-refractivity contribution is 5.38. The zero-order valence-corrected chi connectivity index (χ0v) is 16.5. The quantitative estimate of drug-likeness (QED) is 0.803. The van der Waals surface area contributed by atoms with Crippen LogP contribution in [-0.4, -0.2) is 37.4 Å². The summed E-state index contributed by atoms with van der Waals surface area (Å²) < 4.78 is 41.4. The van der Waals surface area contributed by atoms with Crippen LogP contribution in [0.5, 0.6) is 5.75 Å². The Kier molecular flexibility index (Phi) is 6.01. The molecule has 0 spiro atoms. The number of rotatable bonds is 4. The molecule has 1 atom stereocenters. The molecule has 2 aromatic rings. The van der Waals surface area contributed by atoms with Crippen LogP contribution in [0.15, 0.2) is 48.5 Å². The van der Waals surface area contributed by atoms with Crippen LogP contribution in [0.25, 0.3) is 0 Å². The van der Waals surface area contributed by atoms with E-state index in [0.29, 0.717) is 0 Å². The molecule has 0 amide bonds. The third-order valence-electron chi connectivity index (χ3n) is 5.04. The van der Waals surface area contributed by atoms with Crippen LogP contribution in [0, 0.1) is 0 Å². The molecule has 152 valence electrons. The van der Waals surface area contributed by atoms with Gasteiger partial charge in [0.15, 0.2) is 0 Å². The minimum Gasteiger partial charge on any atom is -0.406 e. The van der Waals surface area contributed by atoms with E-state index >= 15 is 0 Å². The Labute approximate surface area is 164 Å². The van der Waals surface area contributed by atoms with Crippen molar-refractivity contribution in [2.45, 2.75) is 38.6 Å². The van der Waals surface area contributed by atoms with Crippen molar-refractivity contribution in [1.82, 2.24) is 10.2 Å². The van der Waals surface area contributed by atoms with E-state index in [1.54, 1.807) is 12.1 Å². The number of nitrogens with zero attached hydrogens (tertiary/aromatic N) is 1. The number of ether oxygens (including phenoxy) is 1. The highest BCUT2D eigenvalue weighted by atomic mass is 19.4. The number of hydrogen-bond donors (Lipinski definition) is 1. The highest BCUT2D eigenvalue weighted by Gasteiger charge is 2.31. The molecule has 1 heterocycles. The van der Waals surface area contributed by atoms with Gasteiger partial charge in [-0.25, -0.2) is 0 Å². The van der Waals surface area contributed by atoms with Crippen LogP contribution in [0.4, 0.5) is 13.2 Å². The number of nitrogens with one attached hydrogen (secondary N) is 1. The summed E-state index contributed by atoms with van der Waals surface area (Å²) in [5.74, 6) is -0.196. The lowest BCUT2D eigenvalue weighted by Gasteiger charge is -2.36. The molecule has 6 heteroatoms. The zero-order chi connectivity index (χ0) is 20.4. The second-order valence-electron chi connectivity index (χ2n) is 8.18. The maximum absolute atomic E-state index is 12.5. The van der Waals surface area contributed by atoms with Gasteiger partial charge in [-0.3, -0.25) is 4.90 Å². The minimum absolute atomic E-state index is 0.00365. The zero-order valence-electron chi connectivity index (χ0n) is 16.5. The van der Waals surface area contributed by atoms with Crippen molar-refractivity contribution in [1.29, 1.82) is 0 Å². The Morgan fingerprint density at radius 1 is 0.857 bits per heavy atom. The minimum atomic E-state index is -4.68. The van der Waals surface area contributed by atoms with E-state index in [9.17, 15) is 13.2 Å². The number of halogens is 3. The van der Waals surface area contributed by atoms with Gasteiger partial charge >= 0.3 is 6.36 Å². The van der Waals surface area contributed by atoms with Gasteiger partial charge in [-0.2, -0.15) is 0 Å². The van der Waals surface area contributed by atoms with Crippen molar-refractivity contribution in [3.05, 3.63) is 65.2 Å². The van der Waals surface area contributed by atoms with Gasteiger partial charge in [0, 0.05) is 26.2 Å². The van der Waals surface area contributed by atoms with Gasteiger partial charge in [0.25, 0.3) is 0 Å². The van der Waals surface area contributed by atoms with Crippen molar-refractivity contribution in [3.8, 4) is 5.75 Å². The van der Waals surface area contributed by atoms with E-state index < -0.39 is 6.36 Å². The number of piperazine rings is 1. The summed E-state index contributed by atoms with van der Waals surface area (Å²) in [7, 11) is 0. The molecule has 1 aliphatic heterocycles. The topological polar surface area (TPSA) is 24.5 Å². The summed E-state index contributed by atoms with van der Waals surface area (Å²) >= 11 is 0. The first-order chi connectivity index (χ1) is 13.1. The fourth-order valence-electron chi connectivity index (χ4n) is 3.57. The van der Waals surface area contributed by atoms with Gasteiger partial charge in [-0.15, -0.1) is 13.2 Å². The molecule has 0 aromatic heterocycles. The predicted octanol–water partition coefficient (Wildman–Crippen LogP) is 4.88. The fourth-order valence-corrected chi connectivity index (χ4v) is 3.57. The molecule has 3 rings (SSSR count). The lowest BCUT2D eigenvalue weighted by Crippen LogP contribution is -2.45. The van der Waals surface area contributed by atoms with Crippen LogP contribution >= 0.6 is 0 Å². The normalized spacial score (nSPS) is 17.4. The molecular formula is C22H27F3N2O. The largest absolute Gasteiger partial charge is 0.573 e. The summed E-state index contributed by atoms with van der Waals surface area (Å²) in [5, 5.41) is 3.35. The Balaban J connectivity index is 1.91. The van der Waals surface area contributed by atoms with Crippen LogP contribution < -0.4 is 10.1 Å².